The minimum atomic E-state index is 0.269. The zero-order valence-corrected chi connectivity index (χ0v) is 9.76. The summed E-state index contributed by atoms with van der Waals surface area (Å²) in [7, 11) is 2.16. The van der Waals surface area contributed by atoms with E-state index in [1.54, 1.807) is 0 Å². The van der Waals surface area contributed by atoms with Gasteiger partial charge in [-0.05, 0) is 32.9 Å². The van der Waals surface area contributed by atoms with Crippen molar-refractivity contribution >= 4 is 0 Å². The van der Waals surface area contributed by atoms with E-state index in [1.807, 2.05) is 4.68 Å². The van der Waals surface area contributed by atoms with Crippen molar-refractivity contribution < 1.29 is 0 Å². The van der Waals surface area contributed by atoms with E-state index in [0.717, 1.165) is 37.6 Å². The number of aromatic nitrogens is 3. The summed E-state index contributed by atoms with van der Waals surface area (Å²) in [6.07, 6.45) is 4.34. The van der Waals surface area contributed by atoms with E-state index in [1.165, 1.54) is 12.8 Å². The average molecular weight is 221 g/mol. The van der Waals surface area contributed by atoms with Gasteiger partial charge in [0.25, 0.3) is 0 Å². The summed E-state index contributed by atoms with van der Waals surface area (Å²) >= 11 is 0. The number of rotatable bonds is 1. The van der Waals surface area contributed by atoms with Crippen LogP contribution in [0.3, 0.4) is 0 Å². The molecule has 1 aromatic rings. The van der Waals surface area contributed by atoms with Crippen LogP contribution in [0.1, 0.15) is 37.0 Å². The van der Waals surface area contributed by atoms with Crippen LogP contribution in [0.4, 0.5) is 0 Å². The highest BCUT2D eigenvalue weighted by molar-refractivity contribution is 5.04. The Hall–Kier alpha value is -0.940. The third-order valence-corrected chi connectivity index (χ3v) is 3.74. The molecule has 0 aliphatic carbocycles. The second kappa shape index (κ2) is 3.82. The average Bonchev–Trinajstić information content (AvgIpc) is 2.82. The summed E-state index contributed by atoms with van der Waals surface area (Å²) in [6, 6.07) is 0.695. The molecule has 1 aromatic heterocycles. The second-order valence-corrected chi connectivity index (χ2v) is 5.00. The first-order valence-corrected chi connectivity index (χ1v) is 6.13. The van der Waals surface area contributed by atoms with Crippen LogP contribution in [0.2, 0.25) is 0 Å². The third kappa shape index (κ3) is 1.64. The Balaban J connectivity index is 1.86. The molecule has 3 rings (SSSR count). The molecule has 0 radical (unpaired) electrons. The molecule has 5 nitrogen and oxygen atoms in total. The lowest BCUT2D eigenvalue weighted by Gasteiger charge is -2.17. The van der Waals surface area contributed by atoms with Crippen molar-refractivity contribution in [2.75, 3.05) is 13.6 Å². The molecule has 0 amide bonds. The van der Waals surface area contributed by atoms with Crippen LogP contribution < -0.4 is 5.73 Å². The Bertz CT molecular complexity index is 386. The molecule has 2 atom stereocenters. The lowest BCUT2D eigenvalue weighted by atomic mass is 10.1. The Morgan fingerprint density at radius 3 is 2.94 bits per heavy atom. The number of fused-ring (bicyclic) bond motifs is 1. The van der Waals surface area contributed by atoms with Crippen LogP contribution in [-0.4, -0.2) is 39.3 Å². The summed E-state index contributed by atoms with van der Waals surface area (Å²) in [4.78, 5) is 7.01. The monoisotopic (exact) mass is 221 g/mol. The van der Waals surface area contributed by atoms with E-state index < -0.39 is 0 Å². The summed E-state index contributed by atoms with van der Waals surface area (Å²) in [5.41, 5.74) is 5.95. The summed E-state index contributed by atoms with van der Waals surface area (Å²) < 4.78 is 2.05. The number of likely N-dealkylation sites (tertiary alicyclic amines) is 1. The van der Waals surface area contributed by atoms with Gasteiger partial charge in [-0.25, -0.2) is 9.67 Å². The molecule has 2 aliphatic rings. The van der Waals surface area contributed by atoms with Crippen molar-refractivity contribution in [1.29, 1.82) is 0 Å². The van der Waals surface area contributed by atoms with Crippen molar-refractivity contribution in [3.8, 4) is 0 Å². The molecule has 88 valence electrons. The zero-order chi connectivity index (χ0) is 11.1. The first kappa shape index (κ1) is 10.2. The smallest absolute Gasteiger partial charge is 0.168 e. The molecule has 0 aromatic carbocycles. The van der Waals surface area contributed by atoms with Gasteiger partial charge in [0.2, 0.25) is 0 Å². The van der Waals surface area contributed by atoms with E-state index in [4.69, 9.17) is 5.73 Å². The molecular formula is C11H19N5. The molecule has 0 bridgehead atoms. The fourth-order valence-electron chi connectivity index (χ4n) is 2.73. The number of nitrogens with two attached hydrogens (primary N) is 1. The van der Waals surface area contributed by atoms with E-state index in [0.29, 0.717) is 6.04 Å². The highest BCUT2D eigenvalue weighted by atomic mass is 15.4. The van der Waals surface area contributed by atoms with Gasteiger partial charge in [0.05, 0.1) is 6.04 Å². The van der Waals surface area contributed by atoms with Crippen LogP contribution in [-0.2, 0) is 13.0 Å². The van der Waals surface area contributed by atoms with Crippen LogP contribution in [0.5, 0.6) is 0 Å². The van der Waals surface area contributed by atoms with Gasteiger partial charge in [-0.2, -0.15) is 5.10 Å². The Kier molecular flexibility index (Phi) is 2.44. The molecular weight excluding hydrogens is 202 g/mol. The minimum absolute atomic E-state index is 0.269. The normalized spacial score (nSPS) is 30.6. The van der Waals surface area contributed by atoms with Gasteiger partial charge < -0.3 is 5.73 Å². The molecule has 16 heavy (non-hydrogen) atoms. The molecule has 5 heteroatoms. The van der Waals surface area contributed by atoms with Crippen molar-refractivity contribution in [3.05, 3.63) is 11.6 Å². The molecule has 2 aliphatic heterocycles. The molecule has 3 heterocycles. The van der Waals surface area contributed by atoms with Crippen LogP contribution in [0, 0.1) is 0 Å². The van der Waals surface area contributed by atoms with Crippen LogP contribution in [0.25, 0.3) is 0 Å². The fourth-order valence-corrected chi connectivity index (χ4v) is 2.73. The summed E-state index contributed by atoms with van der Waals surface area (Å²) in [5.74, 6) is 2.08. The predicted octanol–water partition coefficient (Wildman–Crippen LogP) is 0.318. The molecule has 2 unspecified atom stereocenters. The maximum absolute atomic E-state index is 5.95. The van der Waals surface area contributed by atoms with Crippen LogP contribution in [0.15, 0.2) is 0 Å². The van der Waals surface area contributed by atoms with Gasteiger partial charge in [0.15, 0.2) is 5.82 Å². The third-order valence-electron chi connectivity index (χ3n) is 3.74. The predicted molar refractivity (Wildman–Crippen MR) is 60.9 cm³/mol. The van der Waals surface area contributed by atoms with Crippen molar-refractivity contribution in [2.24, 2.45) is 5.73 Å². The Morgan fingerprint density at radius 1 is 1.31 bits per heavy atom. The number of aryl methyl sites for hydroxylation is 1. The second-order valence-electron chi connectivity index (χ2n) is 5.00. The molecule has 1 fully saturated rings. The quantitative estimate of drug-likeness (QED) is 0.742. The number of hydrogen-bond acceptors (Lipinski definition) is 4. The zero-order valence-electron chi connectivity index (χ0n) is 9.76. The highest BCUT2D eigenvalue weighted by Crippen LogP contribution is 2.28. The molecule has 0 saturated carbocycles. The molecule has 0 spiro atoms. The standard InChI is InChI=1S/C11H19N5/c1-15-5-2-3-9(15)11-13-10-7-8(12)4-6-16(10)14-11/h8-9H,2-7,12H2,1H3. The topological polar surface area (TPSA) is 60.0 Å². The summed E-state index contributed by atoms with van der Waals surface area (Å²) in [5, 5.41) is 4.63. The highest BCUT2D eigenvalue weighted by Gasteiger charge is 2.28. The van der Waals surface area contributed by atoms with E-state index in [9.17, 15) is 0 Å². The van der Waals surface area contributed by atoms with Crippen molar-refractivity contribution in [3.63, 3.8) is 0 Å². The van der Waals surface area contributed by atoms with Crippen molar-refractivity contribution in [1.82, 2.24) is 19.7 Å². The lowest BCUT2D eigenvalue weighted by Crippen LogP contribution is -2.31. The first-order valence-electron chi connectivity index (χ1n) is 6.13. The van der Waals surface area contributed by atoms with Gasteiger partial charge in [0.1, 0.15) is 5.82 Å². The minimum Gasteiger partial charge on any atom is -0.327 e. The fraction of sp³-hybridized carbons (Fsp3) is 0.818. The van der Waals surface area contributed by atoms with Crippen LogP contribution >= 0.6 is 0 Å². The number of nitrogens with zero attached hydrogens (tertiary/aromatic N) is 4. The van der Waals surface area contributed by atoms with E-state index in [-0.39, 0.29) is 6.04 Å². The SMILES string of the molecule is CN1CCCC1c1nc2n(n1)CCC(N)C2. The molecule has 2 N–H and O–H groups in total. The van der Waals surface area contributed by atoms with Gasteiger partial charge in [-0.3, -0.25) is 4.90 Å². The van der Waals surface area contributed by atoms with Gasteiger partial charge in [-0.15, -0.1) is 0 Å². The summed E-state index contributed by atoms with van der Waals surface area (Å²) in [6.45, 7) is 2.09. The Labute approximate surface area is 95.6 Å². The first-order chi connectivity index (χ1) is 7.74. The van der Waals surface area contributed by atoms with Gasteiger partial charge >= 0.3 is 0 Å². The Morgan fingerprint density at radius 2 is 2.19 bits per heavy atom. The molecule has 1 saturated heterocycles. The lowest BCUT2D eigenvalue weighted by molar-refractivity contribution is 0.304. The van der Waals surface area contributed by atoms with Crippen molar-refractivity contribution in [2.45, 2.75) is 44.3 Å². The maximum Gasteiger partial charge on any atom is 0.168 e. The maximum atomic E-state index is 5.95. The largest absolute Gasteiger partial charge is 0.327 e. The van der Waals surface area contributed by atoms with Gasteiger partial charge in [0, 0.05) is 19.0 Å². The van der Waals surface area contributed by atoms with E-state index >= 15 is 0 Å². The number of hydrogen-bond donors (Lipinski definition) is 1. The van der Waals surface area contributed by atoms with E-state index in [2.05, 4.69) is 22.0 Å². The van der Waals surface area contributed by atoms with Gasteiger partial charge in [-0.1, -0.05) is 0 Å².